The smallest absolute Gasteiger partial charge is 0.337 e. The van der Waals surface area contributed by atoms with Gasteiger partial charge in [0.25, 0.3) is 0 Å². The van der Waals surface area contributed by atoms with E-state index in [0.29, 0.717) is 11.1 Å². The molecule has 1 heterocycles. The second-order valence-electron chi connectivity index (χ2n) is 9.52. The highest BCUT2D eigenvalue weighted by molar-refractivity contribution is 9.10. The highest BCUT2D eigenvalue weighted by Gasteiger charge is 2.39. The van der Waals surface area contributed by atoms with Crippen molar-refractivity contribution in [2.45, 2.75) is 96.2 Å². The second kappa shape index (κ2) is 10.9. The van der Waals surface area contributed by atoms with E-state index in [9.17, 15) is 9.59 Å². The van der Waals surface area contributed by atoms with Crippen LogP contribution in [0.25, 0.3) is 0 Å². The molecule has 1 aliphatic heterocycles. The van der Waals surface area contributed by atoms with E-state index in [1.807, 2.05) is 38.1 Å². The number of allylic oxidation sites excluding steroid dienone is 2. The Balaban J connectivity index is 1.66. The minimum absolute atomic E-state index is 0.0539. The largest absolute Gasteiger partial charge is 0.459 e. The van der Waals surface area contributed by atoms with Gasteiger partial charge < -0.3 is 14.8 Å². The van der Waals surface area contributed by atoms with E-state index in [2.05, 4.69) is 21.2 Å². The summed E-state index contributed by atoms with van der Waals surface area (Å²) in [7, 11) is 0. The Bertz CT molecular complexity index is 883. The van der Waals surface area contributed by atoms with E-state index in [4.69, 9.17) is 9.47 Å². The number of benzene rings is 1. The topological polar surface area (TPSA) is 64.6 Å². The van der Waals surface area contributed by atoms with E-state index in [0.717, 1.165) is 72.8 Å². The monoisotopic (exact) mass is 515 g/mol. The molecule has 0 atom stereocenters. The number of hydrogen-bond donors (Lipinski definition) is 1. The summed E-state index contributed by atoms with van der Waals surface area (Å²) in [6.07, 6.45) is 10.2. The summed E-state index contributed by atoms with van der Waals surface area (Å²) in [4.78, 5) is 27.0. The molecule has 5 nitrogen and oxygen atoms in total. The van der Waals surface area contributed by atoms with Gasteiger partial charge in [-0.3, -0.25) is 0 Å². The number of rotatable bonds is 5. The van der Waals surface area contributed by atoms with Crippen LogP contribution in [0.15, 0.2) is 51.3 Å². The molecule has 0 aromatic heterocycles. The standard InChI is InChI=1S/C27H34BrNO4/c1-17-23(26(30)32-21-9-5-3-6-10-21)25(19-13-15-20(28)16-14-19)24(18(2)29-17)27(31)33-22-11-7-4-8-12-22/h13-16,21-22,25,29H,3-12H2,1-2H3. The highest BCUT2D eigenvalue weighted by Crippen LogP contribution is 2.40. The van der Waals surface area contributed by atoms with Gasteiger partial charge in [0.1, 0.15) is 12.2 Å². The molecule has 1 aromatic rings. The zero-order chi connectivity index (χ0) is 23.4. The average Bonchev–Trinajstić information content (AvgIpc) is 2.80. The number of ether oxygens (including phenoxy) is 2. The number of halogens is 1. The Morgan fingerprint density at radius 3 is 1.61 bits per heavy atom. The van der Waals surface area contributed by atoms with Crippen LogP contribution >= 0.6 is 15.9 Å². The van der Waals surface area contributed by atoms with Crippen LogP contribution in [-0.2, 0) is 19.1 Å². The number of nitrogens with one attached hydrogen (secondary N) is 1. The summed E-state index contributed by atoms with van der Waals surface area (Å²) < 4.78 is 12.9. The van der Waals surface area contributed by atoms with Crippen molar-refractivity contribution in [3.05, 3.63) is 56.8 Å². The summed E-state index contributed by atoms with van der Waals surface area (Å²) in [5.74, 6) is -1.20. The zero-order valence-corrected chi connectivity index (χ0v) is 21.2. The van der Waals surface area contributed by atoms with Crippen LogP contribution in [0, 0.1) is 0 Å². The quantitative estimate of drug-likeness (QED) is 0.457. The van der Waals surface area contributed by atoms with Crippen molar-refractivity contribution in [1.82, 2.24) is 5.32 Å². The second-order valence-corrected chi connectivity index (χ2v) is 10.4. The molecule has 2 fully saturated rings. The molecular formula is C27H34BrNO4. The SMILES string of the molecule is CC1=C(C(=O)OC2CCCCC2)C(c2ccc(Br)cc2)C(C(=O)OC2CCCCC2)=C(C)N1. The summed E-state index contributed by atoms with van der Waals surface area (Å²) in [6.45, 7) is 3.77. The van der Waals surface area contributed by atoms with Crippen LogP contribution in [-0.4, -0.2) is 24.1 Å². The van der Waals surface area contributed by atoms with E-state index < -0.39 is 5.92 Å². The summed E-state index contributed by atoms with van der Waals surface area (Å²) in [5.41, 5.74) is 3.35. The minimum atomic E-state index is -0.522. The van der Waals surface area contributed by atoms with Gasteiger partial charge in [-0.25, -0.2) is 9.59 Å². The number of carbonyl (C=O) groups is 2. The maximum Gasteiger partial charge on any atom is 0.337 e. The van der Waals surface area contributed by atoms with Gasteiger partial charge in [-0.1, -0.05) is 40.9 Å². The molecule has 1 aromatic carbocycles. The Morgan fingerprint density at radius 2 is 1.18 bits per heavy atom. The van der Waals surface area contributed by atoms with Crippen molar-refractivity contribution >= 4 is 27.9 Å². The van der Waals surface area contributed by atoms with Crippen LogP contribution in [0.4, 0.5) is 0 Å². The molecule has 2 aliphatic carbocycles. The molecule has 4 rings (SSSR count). The van der Waals surface area contributed by atoms with E-state index in [1.54, 1.807) is 0 Å². The molecular weight excluding hydrogens is 482 g/mol. The maximum absolute atomic E-state index is 13.5. The summed E-state index contributed by atoms with van der Waals surface area (Å²) in [6, 6.07) is 7.80. The van der Waals surface area contributed by atoms with Gasteiger partial charge in [0.15, 0.2) is 0 Å². The molecule has 0 unspecified atom stereocenters. The zero-order valence-electron chi connectivity index (χ0n) is 19.6. The number of carbonyl (C=O) groups excluding carboxylic acids is 2. The minimum Gasteiger partial charge on any atom is -0.459 e. The molecule has 178 valence electrons. The Morgan fingerprint density at radius 1 is 0.758 bits per heavy atom. The summed E-state index contributed by atoms with van der Waals surface area (Å²) >= 11 is 3.49. The van der Waals surface area contributed by atoms with Crippen molar-refractivity contribution in [3.63, 3.8) is 0 Å². The lowest BCUT2D eigenvalue weighted by Crippen LogP contribution is -2.35. The van der Waals surface area contributed by atoms with Crippen LogP contribution in [0.3, 0.4) is 0 Å². The molecule has 2 saturated carbocycles. The lowest BCUT2D eigenvalue weighted by atomic mass is 9.80. The maximum atomic E-state index is 13.5. The average molecular weight is 516 g/mol. The third-order valence-corrected chi connectivity index (χ3v) is 7.58. The Labute approximate surface area is 205 Å². The fraction of sp³-hybridized carbons (Fsp3) is 0.556. The first-order valence-corrected chi connectivity index (χ1v) is 13.1. The van der Waals surface area contributed by atoms with Crippen LogP contribution in [0.5, 0.6) is 0 Å². The van der Waals surface area contributed by atoms with E-state index in [-0.39, 0.29) is 24.1 Å². The molecule has 0 amide bonds. The number of dihydropyridines is 1. The van der Waals surface area contributed by atoms with Crippen molar-refractivity contribution in [1.29, 1.82) is 0 Å². The lowest BCUT2D eigenvalue weighted by molar-refractivity contribution is -0.146. The first-order valence-electron chi connectivity index (χ1n) is 12.3. The predicted molar refractivity (Wildman–Crippen MR) is 131 cm³/mol. The van der Waals surface area contributed by atoms with Crippen molar-refractivity contribution in [2.75, 3.05) is 0 Å². The lowest BCUT2D eigenvalue weighted by Gasteiger charge is -2.33. The molecule has 0 saturated heterocycles. The van der Waals surface area contributed by atoms with Gasteiger partial charge in [-0.2, -0.15) is 0 Å². The molecule has 33 heavy (non-hydrogen) atoms. The van der Waals surface area contributed by atoms with Gasteiger partial charge in [0, 0.05) is 15.9 Å². The first kappa shape index (κ1) is 24.1. The normalized spacial score (nSPS) is 21.1. The molecule has 0 bridgehead atoms. The van der Waals surface area contributed by atoms with Gasteiger partial charge in [-0.05, 0) is 82.9 Å². The summed E-state index contributed by atoms with van der Waals surface area (Å²) in [5, 5.41) is 3.28. The van der Waals surface area contributed by atoms with E-state index in [1.165, 1.54) is 12.8 Å². The Hall–Kier alpha value is -2.08. The van der Waals surface area contributed by atoms with Crippen molar-refractivity contribution in [2.24, 2.45) is 0 Å². The number of esters is 2. The van der Waals surface area contributed by atoms with Gasteiger partial charge in [-0.15, -0.1) is 0 Å². The molecule has 0 spiro atoms. The molecule has 1 N–H and O–H groups in total. The third-order valence-electron chi connectivity index (χ3n) is 7.06. The molecule has 0 radical (unpaired) electrons. The predicted octanol–water partition coefficient (Wildman–Crippen LogP) is 6.44. The van der Waals surface area contributed by atoms with Crippen LogP contribution < -0.4 is 5.32 Å². The van der Waals surface area contributed by atoms with Crippen molar-refractivity contribution < 1.29 is 19.1 Å². The fourth-order valence-corrected chi connectivity index (χ4v) is 5.58. The highest BCUT2D eigenvalue weighted by atomic mass is 79.9. The van der Waals surface area contributed by atoms with E-state index >= 15 is 0 Å². The first-order chi connectivity index (χ1) is 15.9. The van der Waals surface area contributed by atoms with Crippen LogP contribution in [0.1, 0.15) is 89.5 Å². The van der Waals surface area contributed by atoms with Gasteiger partial charge >= 0.3 is 11.9 Å². The Kier molecular flexibility index (Phi) is 7.94. The molecule has 3 aliphatic rings. The van der Waals surface area contributed by atoms with Gasteiger partial charge in [0.05, 0.1) is 17.1 Å². The van der Waals surface area contributed by atoms with Crippen molar-refractivity contribution in [3.8, 4) is 0 Å². The number of hydrogen-bond acceptors (Lipinski definition) is 5. The molecule has 6 heteroatoms. The van der Waals surface area contributed by atoms with Crippen LogP contribution in [0.2, 0.25) is 0 Å². The third kappa shape index (κ3) is 5.71. The fourth-order valence-electron chi connectivity index (χ4n) is 5.32. The van der Waals surface area contributed by atoms with Gasteiger partial charge in [0.2, 0.25) is 0 Å².